The Balaban J connectivity index is 2.19. The second-order valence-corrected chi connectivity index (χ2v) is 5.58. The van der Waals surface area contributed by atoms with E-state index in [0.717, 1.165) is 26.4 Å². The number of fused-ring (bicyclic) bond motifs is 1. The van der Waals surface area contributed by atoms with Crippen LogP contribution in [0.2, 0.25) is 0 Å². The van der Waals surface area contributed by atoms with Gasteiger partial charge in [-0.1, -0.05) is 18.2 Å². The Kier molecular flexibility index (Phi) is 2.87. The molecule has 0 atom stereocenters. The van der Waals surface area contributed by atoms with Gasteiger partial charge in [0.05, 0.1) is 15.6 Å². The smallest absolute Gasteiger partial charge is 0.205 e. The van der Waals surface area contributed by atoms with Crippen LogP contribution in [0.15, 0.2) is 36.7 Å². The number of thiazole rings is 1. The van der Waals surface area contributed by atoms with E-state index < -0.39 is 0 Å². The first kappa shape index (κ1) is 12.0. The van der Waals surface area contributed by atoms with Crippen molar-refractivity contribution in [1.82, 2.24) is 9.97 Å². The van der Waals surface area contributed by atoms with Crippen molar-refractivity contribution >= 4 is 27.9 Å². The van der Waals surface area contributed by atoms with Crippen LogP contribution < -0.4 is 0 Å². The average molecular weight is 268 g/mol. The van der Waals surface area contributed by atoms with Gasteiger partial charge < -0.3 is 0 Å². The molecule has 94 valence electrons. The summed E-state index contributed by atoms with van der Waals surface area (Å²) in [5.74, 6) is 0.0416. The highest BCUT2D eigenvalue weighted by Gasteiger charge is 2.17. The molecule has 0 amide bonds. The number of pyridine rings is 1. The quantitative estimate of drug-likeness (QED) is 0.668. The molecule has 2 heterocycles. The second-order valence-electron chi connectivity index (χ2n) is 4.38. The number of benzene rings is 1. The largest absolute Gasteiger partial charge is 0.288 e. The van der Waals surface area contributed by atoms with E-state index in [1.165, 1.54) is 11.3 Å². The molecule has 0 bridgehead atoms. The molecule has 0 radical (unpaired) electrons. The molecule has 3 rings (SSSR count). The minimum Gasteiger partial charge on any atom is -0.288 e. The number of rotatable bonds is 2. The molecule has 0 saturated carbocycles. The summed E-state index contributed by atoms with van der Waals surface area (Å²) < 4.78 is 0. The normalized spacial score (nSPS) is 10.8. The minimum absolute atomic E-state index is 0.0416. The molecular formula is C15H12N2OS. The van der Waals surface area contributed by atoms with Gasteiger partial charge in [-0.3, -0.25) is 9.78 Å². The molecule has 0 spiro atoms. The third-order valence-corrected chi connectivity index (χ3v) is 4.11. The average Bonchev–Trinajstić information content (AvgIpc) is 2.76. The topological polar surface area (TPSA) is 42.9 Å². The maximum Gasteiger partial charge on any atom is 0.205 e. The third kappa shape index (κ3) is 2.04. The lowest BCUT2D eigenvalue weighted by Crippen LogP contribution is -2.01. The van der Waals surface area contributed by atoms with Crippen molar-refractivity contribution < 1.29 is 4.79 Å². The predicted molar refractivity (Wildman–Crippen MR) is 76.8 cm³/mol. The van der Waals surface area contributed by atoms with Crippen LogP contribution in [0.5, 0.6) is 0 Å². The number of aryl methyl sites for hydroxylation is 2. The van der Waals surface area contributed by atoms with E-state index in [9.17, 15) is 4.79 Å². The van der Waals surface area contributed by atoms with E-state index in [4.69, 9.17) is 0 Å². The highest BCUT2D eigenvalue weighted by atomic mass is 32.1. The number of carbonyl (C=O) groups excluding carboxylic acids is 1. The summed E-state index contributed by atoms with van der Waals surface area (Å²) >= 11 is 1.45. The summed E-state index contributed by atoms with van der Waals surface area (Å²) in [4.78, 5) is 21.8. The molecule has 0 saturated heterocycles. The first-order valence-corrected chi connectivity index (χ1v) is 6.80. The van der Waals surface area contributed by atoms with Crippen LogP contribution in [0.1, 0.15) is 25.9 Å². The minimum atomic E-state index is 0.0416. The second kappa shape index (κ2) is 4.55. The monoisotopic (exact) mass is 268 g/mol. The Morgan fingerprint density at radius 2 is 2.05 bits per heavy atom. The zero-order valence-corrected chi connectivity index (χ0v) is 11.5. The van der Waals surface area contributed by atoms with Crippen molar-refractivity contribution in [3.63, 3.8) is 0 Å². The first-order valence-electron chi connectivity index (χ1n) is 5.98. The van der Waals surface area contributed by atoms with Crippen LogP contribution in [0.4, 0.5) is 0 Å². The fourth-order valence-corrected chi connectivity index (χ4v) is 3.06. The number of hydrogen-bond acceptors (Lipinski definition) is 4. The van der Waals surface area contributed by atoms with Gasteiger partial charge in [-0.05, 0) is 25.3 Å². The van der Waals surface area contributed by atoms with Gasteiger partial charge in [0.15, 0.2) is 0 Å². The molecule has 3 nitrogen and oxygen atoms in total. The number of ketones is 1. The summed E-state index contributed by atoms with van der Waals surface area (Å²) in [5, 5.41) is 2.84. The van der Waals surface area contributed by atoms with E-state index in [1.54, 1.807) is 12.4 Å². The lowest BCUT2D eigenvalue weighted by atomic mass is 10.0. The third-order valence-electron chi connectivity index (χ3n) is 3.04. The van der Waals surface area contributed by atoms with E-state index in [1.807, 2.05) is 38.1 Å². The Hall–Kier alpha value is -2.07. The van der Waals surface area contributed by atoms with Crippen LogP contribution in [0, 0.1) is 13.8 Å². The summed E-state index contributed by atoms with van der Waals surface area (Å²) in [6.07, 6.45) is 3.49. The molecule has 2 aromatic heterocycles. The van der Waals surface area contributed by atoms with Gasteiger partial charge in [-0.15, -0.1) is 11.3 Å². The molecule has 0 unspecified atom stereocenters. The Morgan fingerprint density at radius 1 is 1.21 bits per heavy atom. The molecule has 3 aromatic rings. The lowest BCUT2D eigenvalue weighted by Gasteiger charge is -2.04. The lowest BCUT2D eigenvalue weighted by molar-refractivity contribution is 0.104. The number of carbonyl (C=O) groups is 1. The van der Waals surface area contributed by atoms with Gasteiger partial charge in [0.2, 0.25) is 5.78 Å². The standard InChI is InChI=1S/C15H12N2OS/c1-9-15(19-10(2)17-9)14(18)13-5-3-4-11-8-16-7-6-12(11)13/h3-8H,1-2H3. The van der Waals surface area contributed by atoms with Gasteiger partial charge >= 0.3 is 0 Å². The predicted octanol–water partition coefficient (Wildman–Crippen LogP) is 3.54. The van der Waals surface area contributed by atoms with Gasteiger partial charge in [0, 0.05) is 23.3 Å². The number of hydrogen-bond donors (Lipinski definition) is 0. The van der Waals surface area contributed by atoms with Crippen LogP contribution in [-0.4, -0.2) is 15.8 Å². The van der Waals surface area contributed by atoms with Crippen LogP contribution in [0.25, 0.3) is 10.8 Å². The maximum absolute atomic E-state index is 12.6. The van der Waals surface area contributed by atoms with E-state index in [-0.39, 0.29) is 5.78 Å². The molecule has 0 fully saturated rings. The summed E-state index contributed by atoms with van der Waals surface area (Å²) in [6.45, 7) is 3.80. The SMILES string of the molecule is Cc1nc(C)c(C(=O)c2cccc3cnccc23)s1. The molecule has 1 aromatic carbocycles. The molecule has 4 heteroatoms. The zero-order valence-electron chi connectivity index (χ0n) is 10.7. The van der Waals surface area contributed by atoms with Gasteiger partial charge in [-0.25, -0.2) is 4.98 Å². The van der Waals surface area contributed by atoms with Gasteiger partial charge in [0.1, 0.15) is 0 Å². The van der Waals surface area contributed by atoms with E-state index in [0.29, 0.717) is 5.56 Å². The first-order chi connectivity index (χ1) is 9.16. The molecule has 19 heavy (non-hydrogen) atoms. The van der Waals surface area contributed by atoms with Gasteiger partial charge in [-0.2, -0.15) is 0 Å². The fraction of sp³-hybridized carbons (Fsp3) is 0.133. The van der Waals surface area contributed by atoms with Crippen molar-refractivity contribution in [2.45, 2.75) is 13.8 Å². The van der Waals surface area contributed by atoms with Crippen molar-refractivity contribution in [1.29, 1.82) is 0 Å². The van der Waals surface area contributed by atoms with Crippen LogP contribution >= 0.6 is 11.3 Å². The van der Waals surface area contributed by atoms with Crippen LogP contribution in [-0.2, 0) is 0 Å². The molecule has 0 N–H and O–H groups in total. The summed E-state index contributed by atoms with van der Waals surface area (Å²) in [5.41, 5.74) is 1.52. The zero-order chi connectivity index (χ0) is 13.4. The Bertz CT molecular complexity index is 771. The number of aromatic nitrogens is 2. The van der Waals surface area contributed by atoms with Crippen LogP contribution in [0.3, 0.4) is 0 Å². The molecular weight excluding hydrogens is 256 g/mol. The highest BCUT2D eigenvalue weighted by Crippen LogP contribution is 2.25. The molecule has 0 aliphatic rings. The van der Waals surface area contributed by atoms with Crippen molar-refractivity contribution in [2.75, 3.05) is 0 Å². The fourth-order valence-electron chi connectivity index (χ4n) is 2.18. The summed E-state index contributed by atoms with van der Waals surface area (Å²) in [7, 11) is 0. The number of nitrogens with zero attached hydrogens (tertiary/aromatic N) is 2. The maximum atomic E-state index is 12.6. The van der Waals surface area contributed by atoms with Crippen molar-refractivity contribution in [3.05, 3.63) is 57.8 Å². The summed E-state index contributed by atoms with van der Waals surface area (Å²) in [6, 6.07) is 7.59. The Labute approximate surface area is 115 Å². The van der Waals surface area contributed by atoms with E-state index >= 15 is 0 Å². The molecule has 0 aliphatic heterocycles. The Morgan fingerprint density at radius 3 is 2.79 bits per heavy atom. The van der Waals surface area contributed by atoms with E-state index in [2.05, 4.69) is 9.97 Å². The molecule has 0 aliphatic carbocycles. The highest BCUT2D eigenvalue weighted by molar-refractivity contribution is 7.14. The van der Waals surface area contributed by atoms with Crippen molar-refractivity contribution in [3.8, 4) is 0 Å². The van der Waals surface area contributed by atoms with Crippen molar-refractivity contribution in [2.24, 2.45) is 0 Å². The van der Waals surface area contributed by atoms with Gasteiger partial charge in [0.25, 0.3) is 0 Å².